The normalized spacial score (nSPS) is 25.4. The number of benzene rings is 2. The van der Waals surface area contributed by atoms with Crippen LogP contribution in [0.1, 0.15) is 55.7 Å². The van der Waals surface area contributed by atoms with Crippen LogP contribution in [-0.2, 0) is 16.0 Å². The lowest BCUT2D eigenvalue weighted by atomic mass is 9.81. The van der Waals surface area contributed by atoms with E-state index in [9.17, 15) is 9.90 Å². The Balaban J connectivity index is 1.73. The van der Waals surface area contributed by atoms with Gasteiger partial charge in [-0.3, -0.25) is 9.69 Å². The molecule has 170 valence electrons. The molecule has 2 aromatic carbocycles. The Morgan fingerprint density at radius 1 is 1.00 bits per heavy atom. The van der Waals surface area contributed by atoms with E-state index < -0.39 is 0 Å². The molecule has 0 spiro atoms. The largest absolute Gasteiger partial charge is 0.507 e. The second-order valence-electron chi connectivity index (χ2n) is 9.13. The summed E-state index contributed by atoms with van der Waals surface area (Å²) in [5.41, 5.74) is 3.80. The summed E-state index contributed by atoms with van der Waals surface area (Å²) in [6, 6.07) is 10.1. The molecule has 0 amide bonds. The lowest BCUT2D eigenvalue weighted by molar-refractivity contribution is -0.154. The van der Waals surface area contributed by atoms with Gasteiger partial charge in [0, 0.05) is 36.9 Å². The van der Waals surface area contributed by atoms with E-state index in [0.717, 1.165) is 48.1 Å². The molecule has 6 nitrogen and oxygen atoms in total. The lowest BCUT2D eigenvalue weighted by Crippen LogP contribution is -2.49. The van der Waals surface area contributed by atoms with Crippen LogP contribution in [-0.4, -0.2) is 48.9 Å². The first kappa shape index (κ1) is 21.1. The average molecular weight is 438 g/mol. The van der Waals surface area contributed by atoms with Crippen molar-refractivity contribution in [3.63, 3.8) is 0 Å². The molecule has 0 radical (unpaired) electrons. The molecule has 3 aliphatic rings. The number of carbonyl (C=O) groups is 1. The van der Waals surface area contributed by atoms with Gasteiger partial charge in [0.15, 0.2) is 11.5 Å². The number of hydrogen-bond donors (Lipinski definition) is 1. The SMILES string of the molecule is COc1cc2c(cc1OC)C1CC(CC3CCCCN31)OC(=O)CCc1ccc(O)c-2c1. The maximum atomic E-state index is 12.6. The van der Waals surface area contributed by atoms with E-state index in [2.05, 4.69) is 4.90 Å². The zero-order chi connectivity index (χ0) is 22.2. The third kappa shape index (κ3) is 3.81. The molecule has 2 aromatic rings. The molecule has 5 rings (SSSR count). The highest BCUT2D eigenvalue weighted by Crippen LogP contribution is 2.47. The highest BCUT2D eigenvalue weighted by atomic mass is 16.5. The first-order valence-electron chi connectivity index (χ1n) is 11.6. The number of aryl methyl sites for hydroxylation is 1. The second-order valence-corrected chi connectivity index (χ2v) is 9.13. The van der Waals surface area contributed by atoms with Crippen LogP contribution in [0, 0.1) is 0 Å². The highest BCUT2D eigenvalue weighted by Gasteiger charge is 2.40. The number of aromatic hydroxyl groups is 1. The van der Waals surface area contributed by atoms with Crippen molar-refractivity contribution in [1.82, 2.24) is 4.90 Å². The van der Waals surface area contributed by atoms with Crippen molar-refractivity contribution >= 4 is 5.97 Å². The van der Waals surface area contributed by atoms with Crippen molar-refractivity contribution in [3.05, 3.63) is 41.5 Å². The number of carbonyl (C=O) groups excluding carboxylic acids is 1. The summed E-state index contributed by atoms with van der Waals surface area (Å²) in [4.78, 5) is 15.2. The first-order valence-corrected chi connectivity index (χ1v) is 11.6. The third-order valence-electron chi connectivity index (χ3n) is 7.28. The van der Waals surface area contributed by atoms with Gasteiger partial charge in [-0.1, -0.05) is 12.5 Å². The number of rotatable bonds is 2. The third-order valence-corrected chi connectivity index (χ3v) is 7.28. The van der Waals surface area contributed by atoms with Crippen LogP contribution < -0.4 is 9.47 Å². The van der Waals surface area contributed by atoms with Crippen LogP contribution in [0.15, 0.2) is 30.3 Å². The number of hydrogen-bond acceptors (Lipinski definition) is 6. The van der Waals surface area contributed by atoms with E-state index in [0.29, 0.717) is 30.4 Å². The minimum Gasteiger partial charge on any atom is -0.507 e. The van der Waals surface area contributed by atoms with Crippen molar-refractivity contribution in [2.45, 2.75) is 63.1 Å². The maximum absolute atomic E-state index is 12.6. The standard InChI is InChI=1S/C26H31NO5/c1-30-24-14-19-20(15-25(24)31-2)22-13-18(12-17-5-3-4-10-27(17)22)32-26(29)9-7-16-6-8-23(28)21(19)11-16/h6,8,11,14-15,17-18,22,28H,3-5,7,9-10,12-13H2,1-2H3. The molecule has 6 heteroatoms. The number of methoxy groups -OCH3 is 2. The Hall–Kier alpha value is -2.73. The van der Waals surface area contributed by atoms with Crippen molar-refractivity contribution in [1.29, 1.82) is 0 Å². The van der Waals surface area contributed by atoms with E-state index >= 15 is 0 Å². The summed E-state index contributed by atoms with van der Waals surface area (Å²) >= 11 is 0. The van der Waals surface area contributed by atoms with Crippen LogP contribution in [0.2, 0.25) is 0 Å². The van der Waals surface area contributed by atoms with Crippen molar-refractivity contribution in [2.24, 2.45) is 0 Å². The van der Waals surface area contributed by atoms with Gasteiger partial charge in [0.1, 0.15) is 11.9 Å². The molecule has 3 unspecified atom stereocenters. The quantitative estimate of drug-likeness (QED) is 0.692. The van der Waals surface area contributed by atoms with Crippen LogP contribution in [0.3, 0.4) is 0 Å². The first-order chi connectivity index (χ1) is 15.6. The number of esters is 1. The molecule has 0 saturated carbocycles. The Kier molecular flexibility index (Phi) is 5.72. The fourth-order valence-electron chi connectivity index (χ4n) is 5.72. The number of fused-ring (bicyclic) bond motifs is 9. The molecule has 1 N–H and O–H groups in total. The summed E-state index contributed by atoms with van der Waals surface area (Å²) in [5.74, 6) is 1.39. The molecular weight excluding hydrogens is 406 g/mol. The topological polar surface area (TPSA) is 68.2 Å². The van der Waals surface area contributed by atoms with E-state index in [1.807, 2.05) is 24.3 Å². The lowest BCUT2D eigenvalue weighted by Gasteiger charge is -2.48. The predicted octanol–water partition coefficient (Wildman–Crippen LogP) is 4.62. The van der Waals surface area contributed by atoms with Gasteiger partial charge in [0.2, 0.25) is 0 Å². The Morgan fingerprint density at radius 2 is 1.81 bits per heavy atom. The summed E-state index contributed by atoms with van der Waals surface area (Å²) in [6.45, 7) is 1.02. The molecule has 2 fully saturated rings. The summed E-state index contributed by atoms with van der Waals surface area (Å²) in [6.07, 6.45) is 5.95. The van der Waals surface area contributed by atoms with Crippen molar-refractivity contribution in [3.8, 4) is 28.4 Å². The minimum absolute atomic E-state index is 0.0733. The maximum Gasteiger partial charge on any atom is 0.306 e. The summed E-state index contributed by atoms with van der Waals surface area (Å²) in [7, 11) is 3.28. The summed E-state index contributed by atoms with van der Waals surface area (Å²) in [5, 5.41) is 10.8. The van der Waals surface area contributed by atoms with Crippen molar-refractivity contribution < 1.29 is 24.1 Å². The number of piperidine rings is 2. The fourth-order valence-corrected chi connectivity index (χ4v) is 5.72. The predicted molar refractivity (Wildman–Crippen MR) is 121 cm³/mol. The van der Waals surface area contributed by atoms with Crippen LogP contribution >= 0.6 is 0 Å². The molecule has 3 atom stereocenters. The number of ether oxygens (including phenoxy) is 3. The Morgan fingerprint density at radius 3 is 2.62 bits per heavy atom. The van der Waals surface area contributed by atoms with Crippen LogP contribution in [0.4, 0.5) is 0 Å². The van der Waals surface area contributed by atoms with Crippen molar-refractivity contribution in [2.75, 3.05) is 20.8 Å². The highest BCUT2D eigenvalue weighted by molar-refractivity contribution is 5.77. The monoisotopic (exact) mass is 437 g/mol. The zero-order valence-corrected chi connectivity index (χ0v) is 18.8. The van der Waals surface area contributed by atoms with Gasteiger partial charge in [-0.15, -0.1) is 0 Å². The average Bonchev–Trinajstić information content (AvgIpc) is 2.81. The molecule has 3 heterocycles. The second kappa shape index (κ2) is 8.66. The molecule has 0 aliphatic carbocycles. The van der Waals surface area contributed by atoms with Gasteiger partial charge in [0.25, 0.3) is 0 Å². The van der Waals surface area contributed by atoms with E-state index in [4.69, 9.17) is 14.2 Å². The van der Waals surface area contributed by atoms with Gasteiger partial charge in [-0.25, -0.2) is 0 Å². The number of phenolic OH excluding ortho intramolecular Hbond substituents is 1. The Bertz CT molecular complexity index is 1020. The van der Waals surface area contributed by atoms with E-state index in [1.54, 1.807) is 20.3 Å². The molecule has 2 saturated heterocycles. The van der Waals surface area contributed by atoms with Crippen LogP contribution in [0.5, 0.6) is 17.2 Å². The van der Waals surface area contributed by atoms with E-state index in [1.165, 1.54) is 12.8 Å². The van der Waals surface area contributed by atoms with E-state index in [-0.39, 0.29) is 23.9 Å². The zero-order valence-electron chi connectivity index (χ0n) is 18.8. The van der Waals surface area contributed by atoms with Gasteiger partial charge < -0.3 is 19.3 Å². The smallest absolute Gasteiger partial charge is 0.306 e. The molecular formula is C26H31NO5. The van der Waals surface area contributed by atoms with Gasteiger partial charge in [-0.2, -0.15) is 0 Å². The van der Waals surface area contributed by atoms with Gasteiger partial charge >= 0.3 is 5.97 Å². The number of nitrogens with zero attached hydrogens (tertiary/aromatic N) is 1. The Labute approximate surface area is 189 Å². The fraction of sp³-hybridized carbons (Fsp3) is 0.500. The minimum atomic E-state index is -0.138. The molecule has 4 bridgehead atoms. The van der Waals surface area contributed by atoms with Crippen LogP contribution in [0.25, 0.3) is 11.1 Å². The molecule has 3 aliphatic heterocycles. The number of phenols is 1. The molecule has 0 aromatic heterocycles. The molecule has 32 heavy (non-hydrogen) atoms. The van der Waals surface area contributed by atoms with Gasteiger partial charge in [0.05, 0.1) is 14.2 Å². The summed E-state index contributed by atoms with van der Waals surface area (Å²) < 4.78 is 17.3. The van der Waals surface area contributed by atoms with Gasteiger partial charge in [-0.05, 0) is 66.8 Å².